The average molecular weight is 653 g/mol. The highest BCUT2D eigenvalue weighted by atomic mass is 16.7. The lowest BCUT2D eigenvalue weighted by Gasteiger charge is -2.65. The summed E-state index contributed by atoms with van der Waals surface area (Å²) in [6.45, 7) is 13.5. The molecule has 2 spiro atoms. The number of hydrogen-bond donors (Lipinski definition) is 7. The summed E-state index contributed by atoms with van der Waals surface area (Å²) in [4.78, 5) is 12.7. The minimum Gasteiger partial charge on any atom is -0.394 e. The van der Waals surface area contributed by atoms with Gasteiger partial charge in [-0.1, -0.05) is 34.6 Å². The van der Waals surface area contributed by atoms with Gasteiger partial charge < -0.3 is 45.2 Å². The van der Waals surface area contributed by atoms with Crippen LogP contribution in [0, 0.1) is 50.7 Å². The Morgan fingerprint density at radius 1 is 0.957 bits per heavy atom. The summed E-state index contributed by atoms with van der Waals surface area (Å²) in [6.07, 6.45) is -1.67. The molecule has 6 aliphatic rings. The summed E-state index contributed by atoms with van der Waals surface area (Å²) in [6, 6.07) is 0. The number of ketones is 1. The van der Waals surface area contributed by atoms with Crippen LogP contribution in [0.15, 0.2) is 0 Å². The van der Waals surface area contributed by atoms with E-state index in [1.807, 2.05) is 0 Å². The summed E-state index contributed by atoms with van der Waals surface area (Å²) in [5, 5.41) is 75.4. The number of aliphatic hydroxyl groups excluding tert-OH is 6. The van der Waals surface area contributed by atoms with Gasteiger partial charge in [-0.3, -0.25) is 4.79 Å². The van der Waals surface area contributed by atoms with E-state index in [-0.39, 0.29) is 63.0 Å². The summed E-state index contributed by atoms with van der Waals surface area (Å²) in [5.41, 5.74) is -2.42. The van der Waals surface area contributed by atoms with Crippen LogP contribution in [0.5, 0.6) is 0 Å². The van der Waals surface area contributed by atoms with Crippen molar-refractivity contribution in [3.8, 4) is 0 Å². The topological polar surface area (TPSA) is 177 Å². The molecular weight excluding hydrogens is 592 g/mol. The highest BCUT2D eigenvalue weighted by molar-refractivity contribution is 5.86. The number of ether oxygens (including phenoxy) is 2. The molecule has 10 heteroatoms. The first-order valence-corrected chi connectivity index (χ1v) is 17.8. The van der Waals surface area contributed by atoms with Gasteiger partial charge in [-0.2, -0.15) is 0 Å². The predicted octanol–water partition coefficient (Wildman–Crippen LogP) is 2.31. The standard InChI is InChI=1S/C36H60O10/c1-18(8-9-24(40)32(4,5)44)25-19(38)15-34(7)29-20(45-30-28(43)27(42)26(41)21(16-37)46-30)14-22-31(2,3)23(39)10-11-35(22)17-36(29,35)13-12-33(25,34)6/h18-23,25-30,37-39,41-44H,8-17H2,1-7H3/t18-,19+,20+,21-,22+,23+,25+,26-,27+,28-,29+,30-,33-,34+,35-,36+/m1/s1. The fraction of sp³-hybridized carbons (Fsp3) is 0.972. The Morgan fingerprint density at radius 2 is 1.63 bits per heavy atom. The van der Waals surface area contributed by atoms with Gasteiger partial charge in [-0.05, 0) is 116 Å². The molecule has 7 N–H and O–H groups in total. The van der Waals surface area contributed by atoms with E-state index >= 15 is 0 Å². The van der Waals surface area contributed by atoms with Crippen molar-refractivity contribution in [2.45, 2.75) is 161 Å². The lowest BCUT2D eigenvalue weighted by Crippen LogP contribution is -2.64. The van der Waals surface area contributed by atoms with Gasteiger partial charge in [0.1, 0.15) is 30.0 Å². The monoisotopic (exact) mass is 652 g/mol. The van der Waals surface area contributed by atoms with Crippen LogP contribution in [0.2, 0.25) is 0 Å². The average Bonchev–Trinajstić information content (AvgIpc) is 3.57. The maximum absolute atomic E-state index is 12.7. The van der Waals surface area contributed by atoms with Crippen LogP contribution in [0.25, 0.3) is 0 Å². The van der Waals surface area contributed by atoms with Crippen molar-refractivity contribution in [2.24, 2.45) is 50.7 Å². The number of aliphatic hydroxyl groups is 7. The molecule has 0 unspecified atom stereocenters. The third-order valence-electron chi connectivity index (χ3n) is 15.4. The van der Waals surface area contributed by atoms with E-state index in [9.17, 15) is 40.5 Å². The second-order valence-corrected chi connectivity index (χ2v) is 18.1. The van der Waals surface area contributed by atoms with Gasteiger partial charge >= 0.3 is 0 Å². The summed E-state index contributed by atoms with van der Waals surface area (Å²) in [5.74, 6) is -0.0552. The highest BCUT2D eigenvalue weighted by Gasteiger charge is 2.84. The Morgan fingerprint density at radius 3 is 2.26 bits per heavy atom. The molecule has 5 aliphatic carbocycles. The Labute approximate surface area is 273 Å². The molecule has 0 aromatic rings. The second-order valence-electron chi connectivity index (χ2n) is 18.1. The van der Waals surface area contributed by atoms with Crippen LogP contribution in [0.1, 0.15) is 106 Å². The quantitative estimate of drug-likeness (QED) is 0.193. The van der Waals surface area contributed by atoms with E-state index < -0.39 is 61.2 Å². The van der Waals surface area contributed by atoms with Gasteiger partial charge in [0.2, 0.25) is 0 Å². The SMILES string of the molecule is C[C@H](CCC(=O)C(C)(C)O)[C@H]1[C@@H](O)C[C@@]2(C)[C@@H]3[C@@H](O[C@@H]4O[C@H](CO)[C@@H](O)[C@H](O)[C@H]4O)C[C@H]4C(C)(C)[C@@H](O)CC[C@@]45C[C@@]35CC[C@]12C. The molecule has 6 fully saturated rings. The number of rotatable bonds is 8. The number of Topliss-reactive ketones (excluding diaryl/α,β-unsaturated/α-hetero) is 1. The largest absolute Gasteiger partial charge is 0.394 e. The normalized spacial score (nSPS) is 53.4. The van der Waals surface area contributed by atoms with Gasteiger partial charge in [-0.15, -0.1) is 0 Å². The molecule has 5 saturated carbocycles. The minimum absolute atomic E-state index is 0.00160. The van der Waals surface area contributed by atoms with Crippen molar-refractivity contribution in [3.05, 3.63) is 0 Å². The van der Waals surface area contributed by atoms with Crippen LogP contribution in [0.4, 0.5) is 0 Å². The minimum atomic E-state index is -1.54. The highest BCUT2D eigenvalue weighted by Crippen LogP contribution is 2.89. The molecule has 0 aromatic heterocycles. The molecule has 16 atom stereocenters. The number of carbonyl (C=O) groups excluding carboxylic acids is 1. The molecule has 1 saturated heterocycles. The molecule has 0 amide bonds. The molecule has 264 valence electrons. The first-order valence-electron chi connectivity index (χ1n) is 17.8. The fourth-order valence-corrected chi connectivity index (χ4v) is 12.8. The second kappa shape index (κ2) is 11.2. The van der Waals surface area contributed by atoms with Gasteiger partial charge in [0.25, 0.3) is 0 Å². The van der Waals surface area contributed by atoms with Crippen LogP contribution < -0.4 is 0 Å². The Kier molecular flexibility index (Phi) is 8.52. The smallest absolute Gasteiger partial charge is 0.186 e. The zero-order valence-electron chi connectivity index (χ0n) is 28.9. The van der Waals surface area contributed by atoms with Crippen molar-refractivity contribution < 1.29 is 50.0 Å². The summed E-state index contributed by atoms with van der Waals surface area (Å²) >= 11 is 0. The lowest BCUT2D eigenvalue weighted by atomic mass is 9.41. The van der Waals surface area contributed by atoms with Crippen LogP contribution in [0.3, 0.4) is 0 Å². The molecule has 46 heavy (non-hydrogen) atoms. The van der Waals surface area contributed by atoms with Crippen molar-refractivity contribution in [1.29, 1.82) is 0 Å². The molecule has 10 nitrogen and oxygen atoms in total. The molecule has 0 aromatic carbocycles. The van der Waals surface area contributed by atoms with Crippen molar-refractivity contribution >= 4 is 5.78 Å². The molecule has 6 rings (SSSR count). The van der Waals surface area contributed by atoms with Crippen LogP contribution in [-0.2, 0) is 14.3 Å². The first kappa shape index (κ1) is 35.1. The molecule has 1 aliphatic heterocycles. The maximum Gasteiger partial charge on any atom is 0.186 e. The lowest BCUT2D eigenvalue weighted by molar-refractivity contribution is -0.332. The fourth-order valence-electron chi connectivity index (χ4n) is 12.8. The Hall–Kier alpha value is -0.690. The summed E-state index contributed by atoms with van der Waals surface area (Å²) < 4.78 is 12.7. The summed E-state index contributed by atoms with van der Waals surface area (Å²) in [7, 11) is 0. The van der Waals surface area contributed by atoms with E-state index in [4.69, 9.17) is 9.47 Å². The number of carbonyl (C=O) groups is 1. The predicted molar refractivity (Wildman–Crippen MR) is 168 cm³/mol. The van der Waals surface area contributed by atoms with Crippen molar-refractivity contribution in [2.75, 3.05) is 6.61 Å². The molecule has 0 radical (unpaired) electrons. The van der Waals surface area contributed by atoms with E-state index in [1.54, 1.807) is 0 Å². The zero-order valence-corrected chi connectivity index (χ0v) is 28.9. The van der Waals surface area contributed by atoms with Crippen LogP contribution >= 0.6 is 0 Å². The van der Waals surface area contributed by atoms with Gasteiger partial charge in [0.05, 0.1) is 24.9 Å². The van der Waals surface area contributed by atoms with Crippen LogP contribution in [-0.4, -0.2) is 103 Å². The van der Waals surface area contributed by atoms with Gasteiger partial charge in [-0.25, -0.2) is 0 Å². The van der Waals surface area contributed by atoms with Gasteiger partial charge in [0.15, 0.2) is 12.1 Å². The number of fused-ring (bicyclic) bond motifs is 2. The Bertz CT molecular complexity index is 1180. The van der Waals surface area contributed by atoms with E-state index in [0.29, 0.717) is 19.3 Å². The zero-order chi connectivity index (χ0) is 34.0. The third kappa shape index (κ3) is 4.71. The Balaban J connectivity index is 1.37. The van der Waals surface area contributed by atoms with Gasteiger partial charge in [0, 0.05) is 6.42 Å². The molecule has 1 heterocycles. The third-order valence-corrected chi connectivity index (χ3v) is 15.4. The van der Waals surface area contributed by atoms with Crippen molar-refractivity contribution in [3.63, 3.8) is 0 Å². The molecule has 0 bridgehead atoms. The van der Waals surface area contributed by atoms with E-state index in [0.717, 1.165) is 32.1 Å². The number of hydrogen-bond acceptors (Lipinski definition) is 10. The van der Waals surface area contributed by atoms with E-state index in [1.165, 1.54) is 13.8 Å². The van der Waals surface area contributed by atoms with E-state index in [2.05, 4.69) is 34.6 Å². The maximum atomic E-state index is 12.7. The first-order chi connectivity index (χ1) is 21.2. The van der Waals surface area contributed by atoms with Crippen molar-refractivity contribution in [1.82, 2.24) is 0 Å². The molecular formula is C36H60O10.